The number of rotatable bonds is 9. The summed E-state index contributed by atoms with van der Waals surface area (Å²) in [6, 6.07) is 17.9. The Morgan fingerprint density at radius 2 is 1.91 bits per heavy atom. The highest BCUT2D eigenvalue weighted by Crippen LogP contribution is 2.27. The smallest absolute Gasteiger partial charge is 0.234 e. The third-order valence-corrected chi connectivity index (χ3v) is 6.40. The number of hydrogen-bond acceptors (Lipinski definition) is 5. The number of carbonyl (C=O) groups is 1. The second-order valence-corrected chi connectivity index (χ2v) is 8.66. The van der Waals surface area contributed by atoms with Gasteiger partial charge in [0, 0.05) is 5.69 Å². The highest BCUT2D eigenvalue weighted by molar-refractivity contribution is 7.99. The fourth-order valence-corrected chi connectivity index (χ4v) is 4.13. The first-order chi connectivity index (χ1) is 16.0. The lowest BCUT2D eigenvalue weighted by molar-refractivity contribution is -0.113. The molecule has 0 saturated carbocycles. The molecule has 6 nitrogen and oxygen atoms in total. The second-order valence-electron chi connectivity index (χ2n) is 7.72. The Morgan fingerprint density at radius 3 is 2.61 bits per heavy atom. The van der Waals surface area contributed by atoms with E-state index in [1.54, 1.807) is 35.1 Å². The maximum Gasteiger partial charge on any atom is 0.234 e. The standard InChI is InChI=1S/C25H25FN4O2S/c1-3-17(2)18-10-12-19(13-11-18)27-23(31)16-33-25-29-28-24(21-8-4-5-9-22(21)26)30(25)15-20-7-6-14-32-20/h4-14,17H,3,15-16H2,1-2H3,(H,27,31)/t17-/m1/s1. The van der Waals surface area contributed by atoms with Gasteiger partial charge in [0.15, 0.2) is 11.0 Å². The summed E-state index contributed by atoms with van der Waals surface area (Å²) < 4.78 is 21.6. The Kier molecular flexibility index (Phi) is 7.24. The fourth-order valence-electron chi connectivity index (χ4n) is 3.40. The number of nitrogens with zero attached hydrogens (tertiary/aromatic N) is 3. The Bertz CT molecular complexity index is 1210. The van der Waals surface area contributed by atoms with E-state index in [0.717, 1.165) is 12.1 Å². The number of hydrogen-bond donors (Lipinski definition) is 1. The lowest BCUT2D eigenvalue weighted by Crippen LogP contribution is -2.15. The zero-order valence-corrected chi connectivity index (χ0v) is 19.3. The van der Waals surface area contributed by atoms with Crippen LogP contribution in [0.15, 0.2) is 76.5 Å². The first-order valence-corrected chi connectivity index (χ1v) is 11.8. The van der Waals surface area contributed by atoms with Crippen molar-refractivity contribution in [2.45, 2.75) is 37.9 Å². The Balaban J connectivity index is 1.48. The van der Waals surface area contributed by atoms with Crippen LogP contribution in [0, 0.1) is 5.82 Å². The van der Waals surface area contributed by atoms with E-state index in [0.29, 0.717) is 34.8 Å². The molecular formula is C25H25FN4O2S. The zero-order chi connectivity index (χ0) is 23.2. The molecule has 2 aromatic carbocycles. The Hall–Kier alpha value is -3.39. The average Bonchev–Trinajstić information content (AvgIpc) is 3.48. The Labute approximate surface area is 196 Å². The summed E-state index contributed by atoms with van der Waals surface area (Å²) in [6.45, 7) is 4.66. The number of anilines is 1. The van der Waals surface area contributed by atoms with Crippen LogP contribution in [0.5, 0.6) is 0 Å². The fraction of sp³-hybridized carbons (Fsp3) is 0.240. The van der Waals surface area contributed by atoms with Crippen LogP contribution in [0.4, 0.5) is 10.1 Å². The average molecular weight is 465 g/mol. The number of furan rings is 1. The van der Waals surface area contributed by atoms with Crippen LogP contribution >= 0.6 is 11.8 Å². The van der Waals surface area contributed by atoms with Gasteiger partial charge in [0.25, 0.3) is 0 Å². The van der Waals surface area contributed by atoms with E-state index in [1.165, 1.54) is 23.4 Å². The van der Waals surface area contributed by atoms with Crippen LogP contribution in [-0.2, 0) is 11.3 Å². The highest BCUT2D eigenvalue weighted by atomic mass is 32.2. The van der Waals surface area contributed by atoms with Crippen molar-refractivity contribution in [1.82, 2.24) is 14.8 Å². The van der Waals surface area contributed by atoms with E-state index in [4.69, 9.17) is 4.42 Å². The molecule has 0 aliphatic rings. The molecule has 0 bridgehead atoms. The molecule has 33 heavy (non-hydrogen) atoms. The molecule has 0 aliphatic carbocycles. The minimum atomic E-state index is -0.388. The summed E-state index contributed by atoms with van der Waals surface area (Å²) in [5, 5.41) is 11.8. The lowest BCUT2D eigenvalue weighted by atomic mass is 9.99. The molecule has 4 aromatic rings. The van der Waals surface area contributed by atoms with E-state index in [1.807, 2.05) is 30.3 Å². The van der Waals surface area contributed by atoms with Crippen molar-refractivity contribution in [3.8, 4) is 11.4 Å². The van der Waals surface area contributed by atoms with Crippen LogP contribution in [-0.4, -0.2) is 26.4 Å². The van der Waals surface area contributed by atoms with Gasteiger partial charge in [-0.3, -0.25) is 9.36 Å². The predicted molar refractivity (Wildman–Crippen MR) is 128 cm³/mol. The number of thioether (sulfide) groups is 1. The van der Waals surface area contributed by atoms with Gasteiger partial charge in [-0.25, -0.2) is 4.39 Å². The molecule has 1 atom stereocenters. The third-order valence-electron chi connectivity index (χ3n) is 5.43. The van der Waals surface area contributed by atoms with Gasteiger partial charge in [0.2, 0.25) is 5.91 Å². The summed E-state index contributed by atoms with van der Waals surface area (Å²) in [5.41, 5.74) is 2.34. The molecule has 0 unspecified atom stereocenters. The molecule has 170 valence electrons. The summed E-state index contributed by atoms with van der Waals surface area (Å²) >= 11 is 1.24. The van der Waals surface area contributed by atoms with Crippen LogP contribution in [0.3, 0.4) is 0 Å². The summed E-state index contributed by atoms with van der Waals surface area (Å²) in [4.78, 5) is 12.6. The van der Waals surface area contributed by atoms with E-state index in [2.05, 4.69) is 29.4 Å². The van der Waals surface area contributed by atoms with Crippen molar-refractivity contribution in [2.24, 2.45) is 0 Å². The highest BCUT2D eigenvalue weighted by Gasteiger charge is 2.19. The number of nitrogens with one attached hydrogen (secondary N) is 1. The molecule has 1 N–H and O–H groups in total. The Morgan fingerprint density at radius 1 is 1.12 bits per heavy atom. The molecule has 2 heterocycles. The SMILES string of the molecule is CC[C@@H](C)c1ccc(NC(=O)CSc2nnc(-c3ccccc3F)n2Cc2ccco2)cc1. The molecule has 1 amide bonds. The molecule has 4 rings (SSSR count). The van der Waals surface area contributed by atoms with Crippen LogP contribution in [0.2, 0.25) is 0 Å². The second kappa shape index (κ2) is 10.5. The van der Waals surface area contributed by atoms with Gasteiger partial charge in [-0.05, 0) is 54.3 Å². The monoisotopic (exact) mass is 464 g/mol. The van der Waals surface area contributed by atoms with Crippen molar-refractivity contribution in [3.63, 3.8) is 0 Å². The number of halogens is 1. The first-order valence-electron chi connectivity index (χ1n) is 10.8. The van der Waals surface area contributed by atoms with Crippen molar-refractivity contribution in [1.29, 1.82) is 0 Å². The third kappa shape index (κ3) is 5.51. The van der Waals surface area contributed by atoms with Gasteiger partial charge in [-0.15, -0.1) is 10.2 Å². The summed E-state index contributed by atoms with van der Waals surface area (Å²) in [5.74, 6) is 1.14. The zero-order valence-electron chi connectivity index (χ0n) is 18.5. The molecule has 0 saturated heterocycles. The van der Waals surface area contributed by atoms with Crippen LogP contribution in [0.1, 0.15) is 37.5 Å². The minimum absolute atomic E-state index is 0.140. The van der Waals surface area contributed by atoms with Gasteiger partial charge in [0.1, 0.15) is 11.6 Å². The van der Waals surface area contributed by atoms with Crippen molar-refractivity contribution < 1.29 is 13.6 Å². The maximum atomic E-state index is 14.4. The topological polar surface area (TPSA) is 73.0 Å². The number of benzene rings is 2. The van der Waals surface area contributed by atoms with E-state index < -0.39 is 0 Å². The molecule has 2 aromatic heterocycles. The van der Waals surface area contributed by atoms with Gasteiger partial charge in [0.05, 0.1) is 24.1 Å². The molecule has 0 radical (unpaired) electrons. The minimum Gasteiger partial charge on any atom is -0.467 e. The molecule has 8 heteroatoms. The molecular weight excluding hydrogens is 439 g/mol. The predicted octanol–water partition coefficient (Wildman–Crippen LogP) is 5.97. The maximum absolute atomic E-state index is 14.4. The number of aromatic nitrogens is 3. The van der Waals surface area contributed by atoms with Gasteiger partial charge < -0.3 is 9.73 Å². The number of amides is 1. The van der Waals surface area contributed by atoms with Crippen LogP contribution < -0.4 is 5.32 Å². The van der Waals surface area contributed by atoms with E-state index >= 15 is 0 Å². The summed E-state index contributed by atoms with van der Waals surface area (Å²) in [7, 11) is 0. The lowest BCUT2D eigenvalue weighted by Gasteiger charge is -2.11. The van der Waals surface area contributed by atoms with Gasteiger partial charge in [-0.1, -0.05) is 49.9 Å². The van der Waals surface area contributed by atoms with Crippen molar-refractivity contribution >= 4 is 23.4 Å². The van der Waals surface area contributed by atoms with Crippen LogP contribution in [0.25, 0.3) is 11.4 Å². The van der Waals surface area contributed by atoms with Gasteiger partial charge >= 0.3 is 0 Å². The molecule has 0 fully saturated rings. The molecule has 0 aliphatic heterocycles. The summed E-state index contributed by atoms with van der Waals surface area (Å²) in [6.07, 6.45) is 2.64. The van der Waals surface area contributed by atoms with Crippen molar-refractivity contribution in [2.75, 3.05) is 11.1 Å². The van der Waals surface area contributed by atoms with E-state index in [9.17, 15) is 9.18 Å². The van der Waals surface area contributed by atoms with Crippen molar-refractivity contribution in [3.05, 3.63) is 84.1 Å². The quantitative estimate of drug-likeness (QED) is 0.309. The first kappa shape index (κ1) is 22.8. The number of carbonyl (C=O) groups excluding carboxylic acids is 1. The van der Waals surface area contributed by atoms with E-state index in [-0.39, 0.29) is 17.5 Å². The largest absolute Gasteiger partial charge is 0.467 e. The van der Waals surface area contributed by atoms with Gasteiger partial charge in [-0.2, -0.15) is 0 Å². The normalized spacial score (nSPS) is 12.0. The molecule has 0 spiro atoms.